The van der Waals surface area contributed by atoms with E-state index in [-0.39, 0.29) is 18.7 Å². The van der Waals surface area contributed by atoms with Gasteiger partial charge in [0, 0.05) is 22.3 Å². The van der Waals surface area contributed by atoms with Crippen LogP contribution in [0.3, 0.4) is 0 Å². The summed E-state index contributed by atoms with van der Waals surface area (Å²) in [4.78, 5) is 35.8. The van der Waals surface area contributed by atoms with E-state index < -0.39 is 18.5 Å². The van der Waals surface area contributed by atoms with Crippen LogP contribution in [0.4, 0.5) is 11.4 Å². The molecule has 0 spiro atoms. The molecular weight excluding hydrogens is 452 g/mol. The molecule has 0 aromatic heterocycles. The highest BCUT2D eigenvalue weighted by molar-refractivity contribution is 9.10. The van der Waals surface area contributed by atoms with Crippen LogP contribution in [0.25, 0.3) is 0 Å². The molecule has 160 valence electrons. The van der Waals surface area contributed by atoms with Gasteiger partial charge in [0.05, 0.1) is 13.0 Å². The molecule has 0 fully saturated rings. The van der Waals surface area contributed by atoms with E-state index in [4.69, 9.17) is 9.47 Å². The highest BCUT2D eigenvalue weighted by Crippen LogP contribution is 2.25. The Bertz CT molecular complexity index is 889. The van der Waals surface area contributed by atoms with Crippen molar-refractivity contribution in [2.24, 2.45) is 0 Å². The molecule has 0 heterocycles. The van der Waals surface area contributed by atoms with E-state index in [2.05, 4.69) is 26.6 Å². The van der Waals surface area contributed by atoms with E-state index in [0.717, 1.165) is 15.6 Å². The van der Waals surface area contributed by atoms with E-state index in [1.165, 1.54) is 0 Å². The molecule has 0 radical (unpaired) electrons. The van der Waals surface area contributed by atoms with Gasteiger partial charge < -0.3 is 20.1 Å². The maximum Gasteiger partial charge on any atom is 0.306 e. The SMILES string of the molecule is CCOc1ccc(NC(=O)CCC(=O)OCC(=O)Nc2cc(C)c(Br)c(C)c2)cc1. The van der Waals surface area contributed by atoms with E-state index in [0.29, 0.717) is 23.7 Å². The van der Waals surface area contributed by atoms with Crippen LogP contribution >= 0.6 is 15.9 Å². The summed E-state index contributed by atoms with van der Waals surface area (Å²) in [6.45, 7) is 5.89. The molecule has 8 heteroatoms. The van der Waals surface area contributed by atoms with Gasteiger partial charge in [0.25, 0.3) is 5.91 Å². The third-order valence-corrected chi connectivity index (χ3v) is 5.34. The Labute approximate surface area is 184 Å². The second kappa shape index (κ2) is 11.3. The molecule has 2 amide bonds. The van der Waals surface area contributed by atoms with Gasteiger partial charge in [-0.3, -0.25) is 14.4 Å². The molecular formula is C22H25BrN2O5. The molecule has 0 aliphatic carbocycles. The first kappa shape index (κ1) is 23.4. The average Bonchev–Trinajstić information content (AvgIpc) is 2.70. The van der Waals surface area contributed by atoms with Crippen molar-refractivity contribution >= 4 is 45.1 Å². The van der Waals surface area contributed by atoms with Crippen molar-refractivity contribution in [1.82, 2.24) is 0 Å². The zero-order valence-electron chi connectivity index (χ0n) is 17.2. The van der Waals surface area contributed by atoms with Crippen LogP contribution in [0.15, 0.2) is 40.9 Å². The maximum atomic E-state index is 12.0. The number of esters is 1. The van der Waals surface area contributed by atoms with Crippen molar-refractivity contribution in [3.8, 4) is 5.75 Å². The molecule has 7 nitrogen and oxygen atoms in total. The summed E-state index contributed by atoms with van der Waals surface area (Å²) in [5, 5.41) is 5.38. The molecule has 2 rings (SSSR count). The number of ether oxygens (including phenoxy) is 2. The van der Waals surface area contributed by atoms with Crippen molar-refractivity contribution in [2.45, 2.75) is 33.6 Å². The lowest BCUT2D eigenvalue weighted by atomic mass is 10.1. The zero-order valence-corrected chi connectivity index (χ0v) is 18.8. The minimum Gasteiger partial charge on any atom is -0.494 e. The first-order chi connectivity index (χ1) is 14.3. The van der Waals surface area contributed by atoms with Gasteiger partial charge in [-0.25, -0.2) is 0 Å². The highest BCUT2D eigenvalue weighted by atomic mass is 79.9. The fraction of sp³-hybridized carbons (Fsp3) is 0.318. The standard InChI is InChI=1S/C22H25BrN2O5/c1-4-29-18-7-5-16(6-8-18)24-19(26)9-10-21(28)30-13-20(27)25-17-11-14(2)22(23)15(3)12-17/h5-8,11-12H,4,9-10,13H2,1-3H3,(H,24,26)(H,25,27). The number of halogens is 1. The first-order valence-corrected chi connectivity index (χ1v) is 10.3. The molecule has 0 aliphatic rings. The van der Waals surface area contributed by atoms with Gasteiger partial charge in [0.1, 0.15) is 5.75 Å². The third-order valence-electron chi connectivity index (χ3n) is 4.09. The molecule has 0 saturated carbocycles. The number of carbonyl (C=O) groups is 3. The van der Waals surface area contributed by atoms with Gasteiger partial charge in [-0.15, -0.1) is 0 Å². The summed E-state index contributed by atoms with van der Waals surface area (Å²) in [6.07, 6.45) is -0.161. The summed E-state index contributed by atoms with van der Waals surface area (Å²) < 4.78 is 11.3. The maximum absolute atomic E-state index is 12.0. The van der Waals surface area contributed by atoms with E-state index in [1.807, 2.05) is 32.9 Å². The van der Waals surface area contributed by atoms with Crippen LogP contribution in [-0.4, -0.2) is 31.0 Å². The Kier molecular flexibility index (Phi) is 8.86. The monoisotopic (exact) mass is 476 g/mol. The molecule has 2 N–H and O–H groups in total. The van der Waals surface area contributed by atoms with E-state index in [1.54, 1.807) is 24.3 Å². The van der Waals surface area contributed by atoms with Crippen LogP contribution in [-0.2, 0) is 19.1 Å². The van der Waals surface area contributed by atoms with Gasteiger partial charge in [0.15, 0.2) is 6.61 Å². The zero-order chi connectivity index (χ0) is 22.1. The molecule has 2 aromatic carbocycles. The number of aryl methyl sites for hydroxylation is 2. The molecule has 0 bridgehead atoms. The Morgan fingerprint density at radius 1 is 0.900 bits per heavy atom. The smallest absolute Gasteiger partial charge is 0.306 e. The number of hydrogen-bond donors (Lipinski definition) is 2. The van der Waals surface area contributed by atoms with Gasteiger partial charge in [-0.05, 0) is 68.3 Å². The van der Waals surface area contributed by atoms with Crippen molar-refractivity contribution in [2.75, 3.05) is 23.8 Å². The average molecular weight is 477 g/mol. The van der Waals surface area contributed by atoms with Crippen LogP contribution < -0.4 is 15.4 Å². The van der Waals surface area contributed by atoms with Crippen LogP contribution in [0.1, 0.15) is 30.9 Å². The lowest BCUT2D eigenvalue weighted by molar-refractivity contribution is -0.147. The second-order valence-corrected chi connectivity index (χ2v) is 7.43. The van der Waals surface area contributed by atoms with Gasteiger partial charge in [-0.2, -0.15) is 0 Å². The van der Waals surface area contributed by atoms with E-state index >= 15 is 0 Å². The number of hydrogen-bond acceptors (Lipinski definition) is 5. The summed E-state index contributed by atoms with van der Waals surface area (Å²) >= 11 is 3.47. The Balaban J connectivity index is 1.71. The normalized spacial score (nSPS) is 10.3. The fourth-order valence-corrected chi connectivity index (χ4v) is 2.90. The van der Waals surface area contributed by atoms with Gasteiger partial charge >= 0.3 is 5.97 Å². The van der Waals surface area contributed by atoms with Crippen molar-refractivity contribution in [1.29, 1.82) is 0 Å². The molecule has 2 aromatic rings. The summed E-state index contributed by atoms with van der Waals surface area (Å²) in [6, 6.07) is 10.6. The summed E-state index contributed by atoms with van der Waals surface area (Å²) in [7, 11) is 0. The van der Waals surface area contributed by atoms with Crippen molar-refractivity contribution < 1.29 is 23.9 Å². The fourth-order valence-electron chi connectivity index (χ4n) is 2.67. The number of benzene rings is 2. The summed E-state index contributed by atoms with van der Waals surface area (Å²) in [5.41, 5.74) is 3.21. The van der Waals surface area contributed by atoms with Gasteiger partial charge in [-0.1, -0.05) is 15.9 Å². The predicted molar refractivity (Wildman–Crippen MR) is 119 cm³/mol. The minimum atomic E-state index is -0.616. The van der Waals surface area contributed by atoms with Crippen molar-refractivity contribution in [3.63, 3.8) is 0 Å². The second-order valence-electron chi connectivity index (χ2n) is 6.64. The predicted octanol–water partition coefficient (Wildman–Crippen LogP) is 4.37. The van der Waals surface area contributed by atoms with Crippen LogP contribution in [0, 0.1) is 13.8 Å². The van der Waals surface area contributed by atoms with Crippen LogP contribution in [0.5, 0.6) is 5.75 Å². The summed E-state index contributed by atoms with van der Waals surface area (Å²) in [5.74, 6) is -0.661. The Morgan fingerprint density at radius 2 is 1.50 bits per heavy atom. The molecule has 0 saturated heterocycles. The quantitative estimate of drug-likeness (QED) is 0.524. The molecule has 0 unspecified atom stereocenters. The number of rotatable bonds is 9. The highest BCUT2D eigenvalue weighted by Gasteiger charge is 2.12. The van der Waals surface area contributed by atoms with Gasteiger partial charge in [0.2, 0.25) is 5.91 Å². The van der Waals surface area contributed by atoms with Crippen LogP contribution in [0.2, 0.25) is 0 Å². The lowest BCUT2D eigenvalue weighted by Crippen LogP contribution is -2.22. The number of anilines is 2. The van der Waals surface area contributed by atoms with Crippen molar-refractivity contribution in [3.05, 3.63) is 52.0 Å². The number of amides is 2. The Morgan fingerprint density at radius 3 is 2.10 bits per heavy atom. The minimum absolute atomic E-state index is 0.0429. The third kappa shape index (κ3) is 7.51. The van der Waals surface area contributed by atoms with E-state index in [9.17, 15) is 14.4 Å². The number of nitrogens with one attached hydrogen (secondary N) is 2. The number of carbonyl (C=O) groups excluding carboxylic acids is 3. The first-order valence-electron chi connectivity index (χ1n) is 9.53. The lowest BCUT2D eigenvalue weighted by Gasteiger charge is -2.10. The molecule has 0 aliphatic heterocycles. The topological polar surface area (TPSA) is 93.7 Å². The Hall–Kier alpha value is -2.87. The largest absolute Gasteiger partial charge is 0.494 e. The molecule has 30 heavy (non-hydrogen) atoms. The molecule has 0 atom stereocenters.